The Morgan fingerprint density at radius 3 is 3.00 bits per heavy atom. The highest BCUT2D eigenvalue weighted by Gasteiger charge is 2.44. The normalized spacial score (nSPS) is 26.5. The Hall–Kier alpha value is -1.29. The molecular weight excluding hydrogens is 216 g/mol. The maximum Gasteiger partial charge on any atom is 0.184 e. The lowest BCUT2D eigenvalue weighted by molar-refractivity contribution is -0.137. The van der Waals surface area contributed by atoms with Gasteiger partial charge >= 0.3 is 0 Å². The first-order valence-electron chi connectivity index (χ1n) is 6.23. The van der Waals surface area contributed by atoms with Gasteiger partial charge in [-0.25, -0.2) is 9.97 Å². The van der Waals surface area contributed by atoms with Crippen LogP contribution in [0.4, 0.5) is 0 Å². The lowest BCUT2D eigenvalue weighted by Gasteiger charge is -2.46. The van der Waals surface area contributed by atoms with Crippen molar-refractivity contribution in [2.24, 2.45) is 5.92 Å². The van der Waals surface area contributed by atoms with Crippen LogP contribution >= 0.6 is 0 Å². The van der Waals surface area contributed by atoms with E-state index in [-0.39, 0.29) is 17.3 Å². The Labute approximate surface area is 100 Å². The molecule has 2 fully saturated rings. The standard InChI is InChI=1S/C13H16N2O2/c16-12(11-2-6-14-9-15-11)10-3-7-17-13(8-10)4-1-5-13/h2,6,9-10H,1,3-5,7-8H2. The fourth-order valence-electron chi connectivity index (χ4n) is 2.82. The first-order chi connectivity index (χ1) is 8.29. The zero-order valence-electron chi connectivity index (χ0n) is 9.76. The molecule has 0 amide bonds. The van der Waals surface area contributed by atoms with Crippen molar-refractivity contribution in [2.75, 3.05) is 6.61 Å². The number of hydrogen-bond acceptors (Lipinski definition) is 4. The van der Waals surface area contributed by atoms with Crippen molar-refractivity contribution < 1.29 is 9.53 Å². The number of ether oxygens (including phenoxy) is 1. The summed E-state index contributed by atoms with van der Waals surface area (Å²) in [4.78, 5) is 20.2. The molecule has 1 saturated carbocycles. The summed E-state index contributed by atoms with van der Waals surface area (Å²) < 4.78 is 5.83. The van der Waals surface area contributed by atoms with E-state index in [1.807, 2.05) is 0 Å². The van der Waals surface area contributed by atoms with Gasteiger partial charge in [0, 0.05) is 18.7 Å². The Kier molecular flexibility index (Phi) is 2.67. The maximum atomic E-state index is 12.3. The van der Waals surface area contributed by atoms with Crippen molar-refractivity contribution in [1.29, 1.82) is 0 Å². The Morgan fingerprint density at radius 1 is 1.47 bits per heavy atom. The molecule has 17 heavy (non-hydrogen) atoms. The zero-order chi connectivity index (χ0) is 11.7. The third kappa shape index (κ3) is 1.97. The molecule has 1 spiro atoms. The Bertz CT molecular complexity index is 415. The van der Waals surface area contributed by atoms with Crippen LogP contribution in [-0.2, 0) is 4.74 Å². The number of hydrogen-bond donors (Lipinski definition) is 0. The third-order valence-electron chi connectivity index (χ3n) is 3.96. The van der Waals surface area contributed by atoms with Crippen LogP contribution in [0, 0.1) is 5.92 Å². The molecule has 2 heterocycles. The molecule has 0 bridgehead atoms. The second-order valence-electron chi connectivity index (χ2n) is 5.03. The van der Waals surface area contributed by atoms with Gasteiger partial charge < -0.3 is 4.74 Å². The van der Waals surface area contributed by atoms with Gasteiger partial charge in [-0.05, 0) is 38.2 Å². The molecule has 1 aliphatic heterocycles. The SMILES string of the molecule is O=C(c1ccncn1)C1CCOC2(CCC2)C1. The van der Waals surface area contributed by atoms with Gasteiger partial charge in [0.2, 0.25) is 0 Å². The highest BCUT2D eigenvalue weighted by Crippen LogP contribution is 2.44. The van der Waals surface area contributed by atoms with E-state index in [0.717, 1.165) is 25.7 Å². The van der Waals surface area contributed by atoms with Crippen LogP contribution in [0.5, 0.6) is 0 Å². The highest BCUT2D eigenvalue weighted by atomic mass is 16.5. The summed E-state index contributed by atoms with van der Waals surface area (Å²) in [6.07, 6.45) is 8.21. The monoisotopic (exact) mass is 232 g/mol. The van der Waals surface area contributed by atoms with E-state index in [1.165, 1.54) is 12.7 Å². The maximum absolute atomic E-state index is 12.3. The van der Waals surface area contributed by atoms with E-state index < -0.39 is 0 Å². The van der Waals surface area contributed by atoms with Gasteiger partial charge in [0.25, 0.3) is 0 Å². The number of carbonyl (C=O) groups excluding carboxylic acids is 1. The molecule has 4 nitrogen and oxygen atoms in total. The van der Waals surface area contributed by atoms with Gasteiger partial charge in [-0.3, -0.25) is 4.79 Å². The first-order valence-corrected chi connectivity index (χ1v) is 6.23. The number of carbonyl (C=O) groups is 1. The third-order valence-corrected chi connectivity index (χ3v) is 3.96. The second-order valence-corrected chi connectivity index (χ2v) is 5.03. The molecule has 90 valence electrons. The number of rotatable bonds is 2. The first kappa shape index (κ1) is 10.8. The van der Waals surface area contributed by atoms with Crippen molar-refractivity contribution in [2.45, 2.75) is 37.7 Å². The van der Waals surface area contributed by atoms with Gasteiger partial charge in [0.05, 0.1) is 5.60 Å². The summed E-state index contributed by atoms with van der Waals surface area (Å²) in [5.74, 6) is 0.237. The van der Waals surface area contributed by atoms with E-state index in [2.05, 4.69) is 9.97 Å². The molecule has 1 aromatic heterocycles. The Morgan fingerprint density at radius 2 is 2.35 bits per heavy atom. The molecule has 1 aromatic rings. The van der Waals surface area contributed by atoms with Crippen molar-refractivity contribution in [3.05, 3.63) is 24.3 Å². The molecule has 1 atom stereocenters. The summed E-state index contributed by atoms with van der Waals surface area (Å²) in [6, 6.07) is 1.70. The van der Waals surface area contributed by atoms with E-state index in [9.17, 15) is 4.79 Å². The predicted molar refractivity (Wildman–Crippen MR) is 61.6 cm³/mol. The minimum atomic E-state index is 0.0195. The largest absolute Gasteiger partial charge is 0.375 e. The average molecular weight is 232 g/mol. The Balaban J connectivity index is 1.74. The summed E-state index contributed by atoms with van der Waals surface area (Å²) in [5, 5.41) is 0. The molecule has 0 radical (unpaired) electrons. The quantitative estimate of drug-likeness (QED) is 0.732. The fraction of sp³-hybridized carbons (Fsp3) is 0.615. The molecule has 0 aromatic carbocycles. The molecule has 0 N–H and O–H groups in total. The van der Waals surface area contributed by atoms with Gasteiger partial charge in [-0.2, -0.15) is 0 Å². The number of aromatic nitrogens is 2. The summed E-state index contributed by atoms with van der Waals surface area (Å²) >= 11 is 0. The number of ketones is 1. The second kappa shape index (κ2) is 4.18. The van der Waals surface area contributed by atoms with Gasteiger partial charge in [0.15, 0.2) is 5.78 Å². The van der Waals surface area contributed by atoms with E-state index in [0.29, 0.717) is 12.3 Å². The van der Waals surface area contributed by atoms with Crippen LogP contribution in [0.1, 0.15) is 42.6 Å². The van der Waals surface area contributed by atoms with Gasteiger partial charge in [-0.15, -0.1) is 0 Å². The summed E-state index contributed by atoms with van der Waals surface area (Å²) in [5.41, 5.74) is 0.562. The van der Waals surface area contributed by atoms with Crippen LogP contribution in [0.2, 0.25) is 0 Å². The molecule has 1 aliphatic carbocycles. The van der Waals surface area contributed by atoms with E-state index in [4.69, 9.17) is 4.74 Å². The minimum absolute atomic E-state index is 0.0195. The lowest BCUT2D eigenvalue weighted by Crippen LogP contribution is -2.47. The van der Waals surface area contributed by atoms with Crippen molar-refractivity contribution >= 4 is 5.78 Å². The van der Waals surface area contributed by atoms with E-state index >= 15 is 0 Å². The average Bonchev–Trinajstić information content (AvgIpc) is 2.37. The molecule has 2 aliphatic rings. The smallest absolute Gasteiger partial charge is 0.184 e. The van der Waals surface area contributed by atoms with Crippen molar-refractivity contribution in [3.8, 4) is 0 Å². The molecule has 1 saturated heterocycles. The molecule has 1 unspecified atom stereocenters. The van der Waals surface area contributed by atoms with Crippen LogP contribution in [-0.4, -0.2) is 28.0 Å². The van der Waals surface area contributed by atoms with E-state index in [1.54, 1.807) is 12.3 Å². The minimum Gasteiger partial charge on any atom is -0.375 e. The fourth-order valence-corrected chi connectivity index (χ4v) is 2.82. The molecule has 4 heteroatoms. The van der Waals surface area contributed by atoms with Crippen molar-refractivity contribution in [3.63, 3.8) is 0 Å². The van der Waals surface area contributed by atoms with Crippen molar-refractivity contribution in [1.82, 2.24) is 9.97 Å². The number of nitrogens with zero attached hydrogens (tertiary/aromatic N) is 2. The van der Waals surface area contributed by atoms with Crippen LogP contribution in [0.25, 0.3) is 0 Å². The van der Waals surface area contributed by atoms with Crippen LogP contribution < -0.4 is 0 Å². The van der Waals surface area contributed by atoms with Crippen LogP contribution in [0.3, 0.4) is 0 Å². The predicted octanol–water partition coefficient (Wildman–Crippen LogP) is 2.01. The number of Topliss-reactive ketones (excluding diaryl/α,β-unsaturated/α-hetero) is 1. The lowest BCUT2D eigenvalue weighted by atomic mass is 9.71. The van der Waals surface area contributed by atoms with Crippen LogP contribution in [0.15, 0.2) is 18.6 Å². The summed E-state index contributed by atoms with van der Waals surface area (Å²) in [6.45, 7) is 0.710. The van der Waals surface area contributed by atoms with Gasteiger partial charge in [0.1, 0.15) is 12.0 Å². The summed E-state index contributed by atoms with van der Waals surface area (Å²) in [7, 11) is 0. The molecule has 3 rings (SSSR count). The topological polar surface area (TPSA) is 52.1 Å². The van der Waals surface area contributed by atoms with Gasteiger partial charge in [-0.1, -0.05) is 0 Å². The molecular formula is C13H16N2O2. The zero-order valence-corrected chi connectivity index (χ0v) is 9.76. The highest BCUT2D eigenvalue weighted by molar-refractivity contribution is 5.96.